The first-order valence-electron chi connectivity index (χ1n) is 5.69. The molecule has 0 radical (unpaired) electrons. The maximum atomic E-state index is 8.64. The molecule has 0 unspecified atom stereocenters. The van der Waals surface area contributed by atoms with E-state index in [4.69, 9.17) is 5.26 Å². The van der Waals surface area contributed by atoms with Crippen LogP contribution in [0.3, 0.4) is 0 Å². The standard InChI is InChI=1S/C14H20N2/c1-11(2)13-6-5-12(3)14(9-13)10-16(4)8-7-15/h5-6,9,11H,8,10H2,1-4H3. The SMILES string of the molecule is Cc1ccc(C(C)C)cc1CN(C)CC#N. The number of nitriles is 1. The lowest BCUT2D eigenvalue weighted by Gasteiger charge is -2.16. The van der Waals surface area contributed by atoms with Gasteiger partial charge in [-0.2, -0.15) is 5.26 Å². The summed E-state index contributed by atoms with van der Waals surface area (Å²) in [6, 6.07) is 8.79. The van der Waals surface area contributed by atoms with Crippen LogP contribution in [0.15, 0.2) is 18.2 Å². The van der Waals surface area contributed by atoms with E-state index in [1.807, 2.05) is 11.9 Å². The molecule has 0 saturated carbocycles. The normalized spacial score (nSPS) is 10.8. The smallest absolute Gasteiger partial charge is 0.0866 e. The Morgan fingerprint density at radius 1 is 1.38 bits per heavy atom. The molecule has 0 aliphatic rings. The number of hydrogen-bond donors (Lipinski definition) is 0. The molecule has 1 aromatic carbocycles. The Bertz CT molecular complexity index is 388. The van der Waals surface area contributed by atoms with Gasteiger partial charge in [-0.25, -0.2) is 0 Å². The van der Waals surface area contributed by atoms with Crippen molar-refractivity contribution in [3.63, 3.8) is 0 Å². The Balaban J connectivity index is 2.86. The van der Waals surface area contributed by atoms with Crippen molar-refractivity contribution in [2.45, 2.75) is 33.2 Å². The molecular weight excluding hydrogens is 196 g/mol. The molecule has 86 valence electrons. The zero-order valence-corrected chi connectivity index (χ0v) is 10.6. The van der Waals surface area contributed by atoms with E-state index >= 15 is 0 Å². The summed E-state index contributed by atoms with van der Waals surface area (Å²) in [7, 11) is 1.98. The molecule has 0 aliphatic heterocycles. The summed E-state index contributed by atoms with van der Waals surface area (Å²) in [4.78, 5) is 2.03. The van der Waals surface area contributed by atoms with Crippen LogP contribution in [0.4, 0.5) is 0 Å². The molecule has 0 saturated heterocycles. The number of benzene rings is 1. The first-order chi connectivity index (χ1) is 7.54. The molecule has 0 fully saturated rings. The second-order valence-corrected chi connectivity index (χ2v) is 4.67. The Kier molecular flexibility index (Phi) is 4.52. The zero-order chi connectivity index (χ0) is 12.1. The van der Waals surface area contributed by atoms with E-state index in [2.05, 4.69) is 45.0 Å². The fraction of sp³-hybridized carbons (Fsp3) is 0.500. The lowest BCUT2D eigenvalue weighted by molar-refractivity contribution is 0.366. The molecule has 0 amide bonds. The van der Waals surface area contributed by atoms with E-state index in [9.17, 15) is 0 Å². The fourth-order valence-corrected chi connectivity index (χ4v) is 1.69. The van der Waals surface area contributed by atoms with E-state index in [1.165, 1.54) is 16.7 Å². The average molecular weight is 216 g/mol. The van der Waals surface area contributed by atoms with Crippen LogP contribution in [0.25, 0.3) is 0 Å². The van der Waals surface area contributed by atoms with Gasteiger partial charge in [-0.1, -0.05) is 32.0 Å². The van der Waals surface area contributed by atoms with Gasteiger partial charge in [0.2, 0.25) is 0 Å². The molecule has 2 heteroatoms. The molecule has 16 heavy (non-hydrogen) atoms. The van der Waals surface area contributed by atoms with E-state index < -0.39 is 0 Å². The third-order valence-corrected chi connectivity index (χ3v) is 2.82. The van der Waals surface area contributed by atoms with Crippen molar-refractivity contribution in [2.75, 3.05) is 13.6 Å². The second kappa shape index (κ2) is 5.67. The topological polar surface area (TPSA) is 27.0 Å². The summed E-state index contributed by atoms with van der Waals surface area (Å²) in [6.07, 6.45) is 0. The number of nitrogens with zero attached hydrogens (tertiary/aromatic N) is 2. The molecular formula is C14H20N2. The molecule has 0 atom stereocenters. The van der Waals surface area contributed by atoms with Crippen molar-refractivity contribution in [2.24, 2.45) is 0 Å². The highest BCUT2D eigenvalue weighted by Gasteiger charge is 2.06. The highest BCUT2D eigenvalue weighted by molar-refractivity contribution is 5.32. The van der Waals surface area contributed by atoms with Crippen LogP contribution in [-0.2, 0) is 6.54 Å². The highest BCUT2D eigenvalue weighted by Crippen LogP contribution is 2.19. The van der Waals surface area contributed by atoms with Gasteiger partial charge in [0.05, 0.1) is 12.6 Å². The van der Waals surface area contributed by atoms with Crippen molar-refractivity contribution in [1.29, 1.82) is 5.26 Å². The summed E-state index contributed by atoms with van der Waals surface area (Å²) in [5, 5.41) is 8.64. The molecule has 0 N–H and O–H groups in total. The van der Waals surface area contributed by atoms with E-state index in [0.29, 0.717) is 12.5 Å². The molecule has 0 spiro atoms. The van der Waals surface area contributed by atoms with Crippen molar-refractivity contribution < 1.29 is 0 Å². The fourth-order valence-electron chi connectivity index (χ4n) is 1.69. The molecule has 0 bridgehead atoms. The van der Waals surface area contributed by atoms with Crippen molar-refractivity contribution in [3.05, 3.63) is 34.9 Å². The third-order valence-electron chi connectivity index (χ3n) is 2.82. The Hall–Kier alpha value is -1.33. The van der Waals surface area contributed by atoms with Crippen LogP contribution in [0.1, 0.15) is 36.5 Å². The van der Waals surface area contributed by atoms with E-state index in [0.717, 1.165) is 6.54 Å². The van der Waals surface area contributed by atoms with Gasteiger partial charge in [0.15, 0.2) is 0 Å². The third kappa shape index (κ3) is 3.36. The molecule has 2 nitrogen and oxygen atoms in total. The lowest BCUT2D eigenvalue weighted by atomic mass is 9.97. The average Bonchev–Trinajstić information content (AvgIpc) is 2.21. The summed E-state index contributed by atoms with van der Waals surface area (Å²) < 4.78 is 0. The molecule has 0 aromatic heterocycles. The monoisotopic (exact) mass is 216 g/mol. The predicted molar refractivity (Wildman–Crippen MR) is 67.2 cm³/mol. The minimum absolute atomic E-state index is 0.478. The van der Waals surface area contributed by atoms with E-state index in [1.54, 1.807) is 0 Å². The summed E-state index contributed by atoms with van der Waals surface area (Å²) in [5.74, 6) is 0.556. The zero-order valence-electron chi connectivity index (χ0n) is 10.6. The summed E-state index contributed by atoms with van der Waals surface area (Å²) >= 11 is 0. The van der Waals surface area contributed by atoms with Crippen LogP contribution >= 0.6 is 0 Å². The van der Waals surface area contributed by atoms with Gasteiger partial charge >= 0.3 is 0 Å². The first kappa shape index (κ1) is 12.7. The van der Waals surface area contributed by atoms with Crippen LogP contribution in [0.2, 0.25) is 0 Å². The minimum atomic E-state index is 0.478. The van der Waals surface area contributed by atoms with Crippen LogP contribution in [-0.4, -0.2) is 18.5 Å². The molecule has 0 aliphatic carbocycles. The second-order valence-electron chi connectivity index (χ2n) is 4.67. The van der Waals surface area contributed by atoms with Gasteiger partial charge in [0, 0.05) is 6.54 Å². The van der Waals surface area contributed by atoms with Gasteiger partial charge < -0.3 is 0 Å². The van der Waals surface area contributed by atoms with Gasteiger partial charge in [-0.3, -0.25) is 4.90 Å². The maximum Gasteiger partial charge on any atom is 0.0866 e. The van der Waals surface area contributed by atoms with Gasteiger partial charge in [-0.15, -0.1) is 0 Å². The Morgan fingerprint density at radius 3 is 2.62 bits per heavy atom. The Morgan fingerprint density at radius 2 is 2.06 bits per heavy atom. The summed E-state index contributed by atoms with van der Waals surface area (Å²) in [5.41, 5.74) is 3.99. The predicted octanol–water partition coefficient (Wildman–Crippen LogP) is 3.07. The van der Waals surface area contributed by atoms with Crippen LogP contribution in [0, 0.1) is 18.3 Å². The van der Waals surface area contributed by atoms with Crippen molar-refractivity contribution in [3.8, 4) is 6.07 Å². The van der Waals surface area contributed by atoms with Crippen molar-refractivity contribution in [1.82, 2.24) is 4.90 Å². The van der Waals surface area contributed by atoms with Crippen LogP contribution in [0.5, 0.6) is 0 Å². The molecule has 0 heterocycles. The first-order valence-corrected chi connectivity index (χ1v) is 5.69. The van der Waals surface area contributed by atoms with Gasteiger partial charge in [-0.05, 0) is 36.6 Å². The Labute approximate surface area is 98.5 Å². The van der Waals surface area contributed by atoms with Gasteiger partial charge in [0.25, 0.3) is 0 Å². The number of rotatable bonds is 4. The number of hydrogen-bond acceptors (Lipinski definition) is 2. The maximum absolute atomic E-state index is 8.64. The largest absolute Gasteiger partial charge is 0.289 e. The minimum Gasteiger partial charge on any atom is -0.289 e. The van der Waals surface area contributed by atoms with Crippen molar-refractivity contribution >= 4 is 0 Å². The molecule has 1 rings (SSSR count). The number of aryl methyl sites for hydroxylation is 1. The molecule has 1 aromatic rings. The quantitative estimate of drug-likeness (QED) is 0.723. The van der Waals surface area contributed by atoms with E-state index in [-0.39, 0.29) is 0 Å². The summed E-state index contributed by atoms with van der Waals surface area (Å²) in [6.45, 7) is 7.85. The van der Waals surface area contributed by atoms with Gasteiger partial charge in [0.1, 0.15) is 0 Å². The lowest BCUT2D eigenvalue weighted by Crippen LogP contribution is -2.18. The highest BCUT2D eigenvalue weighted by atomic mass is 15.1. The van der Waals surface area contributed by atoms with Crippen LogP contribution < -0.4 is 0 Å².